The van der Waals surface area contributed by atoms with Crippen LogP contribution in [0.3, 0.4) is 0 Å². The number of hydrogen-bond acceptors (Lipinski definition) is 6. The lowest BCUT2D eigenvalue weighted by Gasteiger charge is -2.40. The fourth-order valence-electron chi connectivity index (χ4n) is 4.50. The van der Waals surface area contributed by atoms with Crippen LogP contribution < -0.4 is 0 Å². The molecule has 0 aromatic carbocycles. The van der Waals surface area contributed by atoms with Crippen molar-refractivity contribution in [3.63, 3.8) is 0 Å². The van der Waals surface area contributed by atoms with Gasteiger partial charge in [-0.1, -0.05) is 17.8 Å². The Labute approximate surface area is 149 Å². The van der Waals surface area contributed by atoms with Gasteiger partial charge in [0.25, 0.3) is 11.8 Å². The van der Waals surface area contributed by atoms with Crippen LogP contribution in [0.4, 0.5) is 0 Å². The summed E-state index contributed by atoms with van der Waals surface area (Å²) in [7, 11) is 2.98. The Bertz CT molecular complexity index is 802. The van der Waals surface area contributed by atoms with Crippen LogP contribution in [0.25, 0.3) is 0 Å². The number of pyridine rings is 1. The summed E-state index contributed by atoms with van der Waals surface area (Å²) in [5.74, 6) is -0.718. The summed E-state index contributed by atoms with van der Waals surface area (Å²) in [6.07, 6.45) is 3.50. The average molecular weight is 361 g/mol. The molecule has 4 atom stereocenters. The van der Waals surface area contributed by atoms with Gasteiger partial charge in [0, 0.05) is 25.9 Å². The van der Waals surface area contributed by atoms with Crippen LogP contribution in [0.5, 0.6) is 0 Å². The smallest absolute Gasteiger partial charge is 0.314 e. The van der Waals surface area contributed by atoms with Gasteiger partial charge in [-0.2, -0.15) is 0 Å². The lowest BCUT2D eigenvalue weighted by atomic mass is 9.78. The number of aromatic nitrogens is 1. The molecule has 1 spiro atoms. The Morgan fingerprint density at radius 2 is 2.08 bits per heavy atom. The van der Waals surface area contributed by atoms with Crippen molar-refractivity contribution in [3.05, 3.63) is 30.1 Å². The van der Waals surface area contributed by atoms with Crippen LogP contribution in [-0.4, -0.2) is 56.5 Å². The molecule has 0 radical (unpaired) electrons. The van der Waals surface area contributed by atoms with Gasteiger partial charge >= 0.3 is 5.97 Å². The molecule has 25 heavy (non-hydrogen) atoms. The standard InChI is InChI=1S/C17H19N3O4S/c1-15(14(23)24-4)9-17-13(22)19(3)16(2,25-17)12(21)20(17)11(15)10-6-5-7-18-8-10/h5-8,11H,9H2,1-4H3/t11?,15-,16-,17-/m0/s1. The second-order valence-corrected chi connectivity index (χ2v) is 8.86. The van der Waals surface area contributed by atoms with E-state index in [1.54, 1.807) is 44.3 Å². The molecule has 4 heterocycles. The molecule has 4 rings (SSSR count). The van der Waals surface area contributed by atoms with E-state index in [4.69, 9.17) is 4.74 Å². The summed E-state index contributed by atoms with van der Waals surface area (Å²) in [6.45, 7) is 3.53. The maximum absolute atomic E-state index is 13.2. The van der Waals surface area contributed by atoms with Gasteiger partial charge in [0.05, 0.1) is 18.6 Å². The number of ether oxygens (including phenoxy) is 1. The number of piperazine rings is 1. The minimum absolute atomic E-state index is 0.138. The Hall–Kier alpha value is -2.09. The number of likely N-dealkylation sites (N-methyl/N-ethyl adjacent to an activating group) is 1. The highest BCUT2D eigenvalue weighted by Crippen LogP contribution is 2.69. The van der Waals surface area contributed by atoms with Crippen LogP contribution >= 0.6 is 11.8 Å². The zero-order valence-electron chi connectivity index (χ0n) is 14.5. The molecule has 3 aliphatic heterocycles. The molecule has 2 amide bonds. The van der Waals surface area contributed by atoms with E-state index in [0.717, 1.165) is 5.56 Å². The van der Waals surface area contributed by atoms with E-state index in [0.29, 0.717) is 0 Å². The highest BCUT2D eigenvalue weighted by molar-refractivity contribution is 8.04. The zero-order valence-corrected chi connectivity index (χ0v) is 15.3. The largest absolute Gasteiger partial charge is 0.469 e. The second kappa shape index (κ2) is 4.75. The molecule has 0 N–H and O–H groups in total. The van der Waals surface area contributed by atoms with Crippen molar-refractivity contribution in [2.45, 2.75) is 36.1 Å². The molecule has 3 fully saturated rings. The second-order valence-electron chi connectivity index (χ2n) is 7.18. The summed E-state index contributed by atoms with van der Waals surface area (Å²) in [5.41, 5.74) is -0.296. The fraction of sp³-hybridized carbons (Fsp3) is 0.529. The Balaban J connectivity index is 1.94. The molecule has 1 aromatic heterocycles. The first kappa shape index (κ1) is 16.4. The van der Waals surface area contributed by atoms with E-state index < -0.39 is 27.2 Å². The molecule has 2 bridgehead atoms. The van der Waals surface area contributed by atoms with Gasteiger partial charge in [-0.15, -0.1) is 0 Å². The summed E-state index contributed by atoms with van der Waals surface area (Å²) < 4.78 is 5.05. The Morgan fingerprint density at radius 1 is 1.36 bits per heavy atom. The Kier molecular flexibility index (Phi) is 3.11. The van der Waals surface area contributed by atoms with Crippen LogP contribution in [0, 0.1) is 5.41 Å². The third kappa shape index (κ3) is 1.68. The van der Waals surface area contributed by atoms with Gasteiger partial charge < -0.3 is 14.5 Å². The maximum Gasteiger partial charge on any atom is 0.314 e. The highest BCUT2D eigenvalue weighted by atomic mass is 32.2. The zero-order chi connectivity index (χ0) is 18.2. The summed E-state index contributed by atoms with van der Waals surface area (Å²) >= 11 is 1.33. The number of amides is 2. The SMILES string of the molecule is COC(=O)[C@@]1(C)C[C@@]23S[C@@](C)(C(=O)N2C1c1cccnc1)N(C)C3=O. The molecular weight excluding hydrogens is 342 g/mol. The monoisotopic (exact) mass is 361 g/mol. The number of carbonyl (C=O) groups excluding carboxylic acids is 3. The molecule has 132 valence electrons. The minimum atomic E-state index is -1.07. The predicted octanol–water partition coefficient (Wildman–Crippen LogP) is 1.17. The van der Waals surface area contributed by atoms with Crippen LogP contribution in [0.1, 0.15) is 31.9 Å². The number of fused-ring (bicyclic) bond motifs is 1. The maximum atomic E-state index is 13.2. The van der Waals surface area contributed by atoms with Gasteiger partial charge in [0.15, 0.2) is 9.74 Å². The summed E-state index contributed by atoms with van der Waals surface area (Å²) in [5, 5.41) is 0. The number of thioether (sulfide) groups is 1. The van der Waals surface area contributed by atoms with Gasteiger partial charge in [-0.3, -0.25) is 19.4 Å². The number of carbonyl (C=O) groups is 3. The molecule has 8 heteroatoms. The quantitative estimate of drug-likeness (QED) is 0.736. The van der Waals surface area contributed by atoms with Gasteiger partial charge in [-0.25, -0.2) is 0 Å². The van der Waals surface area contributed by atoms with Crippen molar-refractivity contribution < 1.29 is 19.1 Å². The van der Waals surface area contributed by atoms with Crippen molar-refractivity contribution in [1.82, 2.24) is 14.8 Å². The van der Waals surface area contributed by atoms with Crippen LogP contribution in [0.2, 0.25) is 0 Å². The third-order valence-electron chi connectivity index (χ3n) is 5.77. The molecule has 3 aliphatic rings. The van der Waals surface area contributed by atoms with Crippen molar-refractivity contribution in [2.24, 2.45) is 5.41 Å². The number of methoxy groups -OCH3 is 1. The average Bonchev–Trinajstić information content (AvgIpc) is 3.08. The van der Waals surface area contributed by atoms with Crippen molar-refractivity contribution >= 4 is 29.5 Å². The van der Waals surface area contributed by atoms with E-state index in [1.165, 1.54) is 23.8 Å². The Morgan fingerprint density at radius 3 is 2.68 bits per heavy atom. The number of rotatable bonds is 2. The predicted molar refractivity (Wildman–Crippen MR) is 90.1 cm³/mol. The van der Waals surface area contributed by atoms with Crippen molar-refractivity contribution in [2.75, 3.05) is 14.2 Å². The summed E-state index contributed by atoms with van der Waals surface area (Å²) in [4.78, 5) is 44.2. The van der Waals surface area contributed by atoms with Crippen molar-refractivity contribution in [3.8, 4) is 0 Å². The van der Waals surface area contributed by atoms with Crippen LogP contribution in [0.15, 0.2) is 24.5 Å². The first-order valence-electron chi connectivity index (χ1n) is 8.03. The topological polar surface area (TPSA) is 79.8 Å². The molecule has 1 aromatic rings. The normalized spacial score (nSPS) is 39.1. The fourth-order valence-corrected chi connectivity index (χ4v) is 6.44. The van der Waals surface area contributed by atoms with Gasteiger partial charge in [0.2, 0.25) is 0 Å². The first-order valence-corrected chi connectivity index (χ1v) is 8.84. The summed E-state index contributed by atoms with van der Waals surface area (Å²) in [6, 6.07) is 3.01. The lowest BCUT2D eigenvalue weighted by Crippen LogP contribution is -2.60. The molecular formula is C17H19N3O4S. The van der Waals surface area contributed by atoms with E-state index in [2.05, 4.69) is 4.98 Å². The van der Waals surface area contributed by atoms with Gasteiger partial charge in [-0.05, 0) is 25.5 Å². The van der Waals surface area contributed by atoms with E-state index in [1.807, 2.05) is 6.07 Å². The minimum Gasteiger partial charge on any atom is -0.469 e. The lowest BCUT2D eigenvalue weighted by molar-refractivity contribution is -0.160. The highest BCUT2D eigenvalue weighted by Gasteiger charge is 2.79. The number of hydrogen-bond donors (Lipinski definition) is 0. The van der Waals surface area contributed by atoms with E-state index in [9.17, 15) is 14.4 Å². The van der Waals surface area contributed by atoms with E-state index >= 15 is 0 Å². The molecule has 7 nitrogen and oxygen atoms in total. The number of nitrogens with zero attached hydrogens (tertiary/aromatic N) is 3. The van der Waals surface area contributed by atoms with Crippen molar-refractivity contribution in [1.29, 1.82) is 0 Å². The van der Waals surface area contributed by atoms with E-state index in [-0.39, 0.29) is 18.2 Å². The van der Waals surface area contributed by atoms with Gasteiger partial charge in [0.1, 0.15) is 0 Å². The number of esters is 1. The third-order valence-corrected chi connectivity index (χ3v) is 7.47. The molecule has 0 saturated carbocycles. The van der Waals surface area contributed by atoms with Crippen LogP contribution in [-0.2, 0) is 19.1 Å². The first-order chi connectivity index (χ1) is 11.7. The molecule has 3 saturated heterocycles. The molecule has 1 unspecified atom stereocenters. The molecule has 0 aliphatic carbocycles.